The van der Waals surface area contributed by atoms with Crippen molar-refractivity contribution in [3.05, 3.63) is 59.6 Å². The van der Waals surface area contributed by atoms with Crippen LogP contribution in [0.2, 0.25) is 0 Å². The van der Waals surface area contributed by atoms with Gasteiger partial charge in [-0.15, -0.1) is 0 Å². The summed E-state index contributed by atoms with van der Waals surface area (Å²) in [7, 11) is 3.48. The van der Waals surface area contributed by atoms with Crippen LogP contribution in [0.25, 0.3) is 0 Å². The van der Waals surface area contributed by atoms with Crippen molar-refractivity contribution in [3.63, 3.8) is 0 Å². The number of fused-ring (bicyclic) bond motifs is 1. The summed E-state index contributed by atoms with van der Waals surface area (Å²) in [6.07, 6.45) is 4.93. The van der Waals surface area contributed by atoms with Crippen molar-refractivity contribution in [2.24, 2.45) is 0 Å². The van der Waals surface area contributed by atoms with E-state index in [1.54, 1.807) is 24.1 Å². The molecule has 2 unspecified atom stereocenters. The Morgan fingerprint density at radius 2 is 2.12 bits per heavy atom. The minimum absolute atomic E-state index is 0.108. The summed E-state index contributed by atoms with van der Waals surface area (Å²) in [5.41, 5.74) is 4.17. The van der Waals surface area contributed by atoms with Gasteiger partial charge in [-0.1, -0.05) is 6.07 Å². The van der Waals surface area contributed by atoms with Gasteiger partial charge < -0.3 is 20.3 Å². The molecule has 0 spiro atoms. The highest BCUT2D eigenvalue weighted by atomic mass is 19.1. The maximum atomic E-state index is 13.0. The molecule has 168 valence electrons. The standard InChI is InChI=1S/C22H26FN7O2/c1-13-20-17(29(3)21(14(2)32-4)22(31)28-20)7-19(27-13)25-9-16-10-26-30(12-16)11-15-5-6-18(23)24-8-15/h5-8,10,12,14,21H,9,11H2,1-4H3,(H,25,27)(H,28,31). The zero-order valence-corrected chi connectivity index (χ0v) is 18.5. The maximum Gasteiger partial charge on any atom is 0.249 e. The lowest BCUT2D eigenvalue weighted by molar-refractivity contribution is -0.120. The second-order valence-corrected chi connectivity index (χ2v) is 7.86. The van der Waals surface area contributed by atoms with Gasteiger partial charge in [0.15, 0.2) is 0 Å². The van der Waals surface area contributed by atoms with Crippen molar-refractivity contribution in [1.29, 1.82) is 0 Å². The number of anilines is 3. The van der Waals surface area contributed by atoms with E-state index in [1.165, 1.54) is 12.3 Å². The third-order valence-corrected chi connectivity index (χ3v) is 5.60. The van der Waals surface area contributed by atoms with E-state index in [-0.39, 0.29) is 12.0 Å². The van der Waals surface area contributed by atoms with E-state index in [0.29, 0.717) is 24.6 Å². The molecule has 1 aliphatic heterocycles. The van der Waals surface area contributed by atoms with E-state index in [4.69, 9.17) is 4.74 Å². The second-order valence-electron chi connectivity index (χ2n) is 7.86. The number of aromatic nitrogens is 4. The Morgan fingerprint density at radius 1 is 1.31 bits per heavy atom. The number of methoxy groups -OCH3 is 1. The summed E-state index contributed by atoms with van der Waals surface area (Å²) in [4.78, 5) is 22.7. The van der Waals surface area contributed by atoms with Gasteiger partial charge in [0.25, 0.3) is 0 Å². The Hall–Kier alpha value is -3.53. The SMILES string of the molecule is COC(C)C1C(=O)Nc2c(cc(NCc3cnn(Cc4ccc(F)nc4)c3)nc2C)N1C. The first-order valence-corrected chi connectivity index (χ1v) is 10.3. The molecular weight excluding hydrogens is 413 g/mol. The highest BCUT2D eigenvalue weighted by Crippen LogP contribution is 2.36. The van der Waals surface area contributed by atoms with Gasteiger partial charge in [0.05, 0.1) is 35.9 Å². The fourth-order valence-electron chi connectivity index (χ4n) is 3.82. The van der Waals surface area contributed by atoms with Crippen molar-refractivity contribution in [3.8, 4) is 0 Å². The van der Waals surface area contributed by atoms with Gasteiger partial charge in [0, 0.05) is 44.7 Å². The fraction of sp³-hybridized carbons (Fsp3) is 0.364. The van der Waals surface area contributed by atoms with Gasteiger partial charge in [-0.25, -0.2) is 9.97 Å². The smallest absolute Gasteiger partial charge is 0.249 e. The van der Waals surface area contributed by atoms with Crippen LogP contribution < -0.4 is 15.5 Å². The molecule has 10 heteroatoms. The molecule has 1 aliphatic rings. The van der Waals surface area contributed by atoms with Crippen LogP contribution in [0.5, 0.6) is 0 Å². The van der Waals surface area contributed by atoms with Gasteiger partial charge in [0.2, 0.25) is 11.9 Å². The molecule has 3 aromatic heterocycles. The van der Waals surface area contributed by atoms with Gasteiger partial charge in [-0.3, -0.25) is 9.48 Å². The summed E-state index contributed by atoms with van der Waals surface area (Å²) in [6, 6.07) is 4.52. The van der Waals surface area contributed by atoms with Crippen molar-refractivity contribution in [2.75, 3.05) is 29.7 Å². The van der Waals surface area contributed by atoms with Crippen molar-refractivity contribution < 1.29 is 13.9 Å². The second kappa shape index (κ2) is 8.91. The molecule has 0 radical (unpaired) electrons. The maximum absolute atomic E-state index is 13.0. The lowest BCUT2D eigenvalue weighted by Crippen LogP contribution is -2.52. The number of hydrogen-bond donors (Lipinski definition) is 2. The number of nitrogens with one attached hydrogen (secondary N) is 2. The summed E-state index contributed by atoms with van der Waals surface area (Å²) >= 11 is 0. The Morgan fingerprint density at radius 3 is 2.84 bits per heavy atom. The number of nitrogens with zero attached hydrogens (tertiary/aromatic N) is 5. The first kappa shape index (κ1) is 21.7. The zero-order valence-electron chi connectivity index (χ0n) is 18.5. The Labute approximate surface area is 185 Å². The van der Waals surface area contributed by atoms with E-state index in [1.807, 2.05) is 38.1 Å². The third-order valence-electron chi connectivity index (χ3n) is 5.60. The molecule has 0 bridgehead atoms. The quantitative estimate of drug-likeness (QED) is 0.546. The van der Waals surface area contributed by atoms with E-state index in [0.717, 1.165) is 22.5 Å². The number of carbonyl (C=O) groups excluding carboxylic acids is 1. The van der Waals surface area contributed by atoms with Crippen LogP contribution in [-0.2, 0) is 22.6 Å². The lowest BCUT2D eigenvalue weighted by Gasteiger charge is -2.38. The largest absolute Gasteiger partial charge is 0.379 e. The number of rotatable bonds is 7. The topological polar surface area (TPSA) is 97.2 Å². The number of likely N-dealkylation sites (N-methyl/N-ethyl adjacent to an activating group) is 1. The van der Waals surface area contributed by atoms with Crippen LogP contribution in [0.1, 0.15) is 23.7 Å². The highest BCUT2D eigenvalue weighted by Gasteiger charge is 2.36. The van der Waals surface area contributed by atoms with E-state index in [9.17, 15) is 9.18 Å². The first-order chi connectivity index (χ1) is 15.4. The number of hydrogen-bond acceptors (Lipinski definition) is 7. The average Bonchev–Trinajstić information content (AvgIpc) is 3.22. The van der Waals surface area contributed by atoms with Crippen molar-refractivity contribution in [2.45, 2.75) is 39.1 Å². The van der Waals surface area contributed by atoms with Gasteiger partial charge in [0.1, 0.15) is 11.9 Å². The lowest BCUT2D eigenvalue weighted by atomic mass is 10.0. The number of aryl methyl sites for hydroxylation is 1. The molecule has 32 heavy (non-hydrogen) atoms. The molecule has 0 aromatic carbocycles. The number of halogens is 1. The third kappa shape index (κ3) is 4.40. The van der Waals surface area contributed by atoms with E-state index < -0.39 is 12.0 Å². The minimum atomic E-state index is -0.500. The molecular formula is C22H26FN7O2. The monoisotopic (exact) mass is 439 g/mol. The normalized spacial score (nSPS) is 16.5. The van der Waals surface area contributed by atoms with E-state index in [2.05, 4.69) is 25.7 Å². The molecule has 2 atom stereocenters. The van der Waals surface area contributed by atoms with Crippen LogP contribution in [0.3, 0.4) is 0 Å². The summed E-state index contributed by atoms with van der Waals surface area (Å²) < 4.78 is 20.1. The fourth-order valence-corrected chi connectivity index (χ4v) is 3.82. The number of pyridine rings is 2. The van der Waals surface area contributed by atoms with Gasteiger partial charge in [-0.05, 0) is 25.5 Å². The number of amides is 1. The molecule has 0 aliphatic carbocycles. The Balaban J connectivity index is 1.46. The molecule has 1 amide bonds. The van der Waals surface area contributed by atoms with Gasteiger partial charge >= 0.3 is 0 Å². The number of carbonyl (C=O) groups is 1. The molecule has 0 fully saturated rings. The molecule has 9 nitrogen and oxygen atoms in total. The van der Waals surface area contributed by atoms with Crippen LogP contribution >= 0.6 is 0 Å². The van der Waals surface area contributed by atoms with Crippen LogP contribution in [0.4, 0.5) is 21.6 Å². The molecule has 2 N–H and O–H groups in total. The molecule has 4 rings (SSSR count). The summed E-state index contributed by atoms with van der Waals surface area (Å²) in [5.74, 6) is 0.0902. The Bertz CT molecular complexity index is 1120. The predicted molar refractivity (Wildman–Crippen MR) is 119 cm³/mol. The van der Waals surface area contributed by atoms with Crippen molar-refractivity contribution >= 4 is 23.1 Å². The summed E-state index contributed by atoms with van der Waals surface area (Å²) in [5, 5.41) is 10.6. The molecule has 3 aromatic rings. The van der Waals surface area contributed by atoms with Crippen LogP contribution in [-0.4, -0.2) is 52.0 Å². The number of ether oxygens (including phenoxy) is 1. The predicted octanol–water partition coefficient (Wildman–Crippen LogP) is 2.57. The van der Waals surface area contributed by atoms with Crippen LogP contribution in [0.15, 0.2) is 36.8 Å². The van der Waals surface area contributed by atoms with Gasteiger partial charge in [-0.2, -0.15) is 9.49 Å². The Kier molecular flexibility index (Phi) is 6.04. The summed E-state index contributed by atoms with van der Waals surface area (Å²) in [6.45, 7) is 4.78. The highest BCUT2D eigenvalue weighted by molar-refractivity contribution is 6.04. The van der Waals surface area contributed by atoms with Crippen molar-refractivity contribution in [1.82, 2.24) is 19.7 Å². The van der Waals surface area contributed by atoms with E-state index >= 15 is 0 Å². The average molecular weight is 439 g/mol. The molecule has 0 saturated heterocycles. The molecule has 0 saturated carbocycles. The van der Waals surface area contributed by atoms with Crippen LogP contribution in [0, 0.1) is 12.9 Å². The first-order valence-electron chi connectivity index (χ1n) is 10.3. The zero-order chi connectivity index (χ0) is 22.8. The minimum Gasteiger partial charge on any atom is -0.379 e. The molecule has 4 heterocycles.